The second-order valence-corrected chi connectivity index (χ2v) is 5.50. The molecule has 0 radical (unpaired) electrons. The Morgan fingerprint density at radius 3 is 2.50 bits per heavy atom. The molecular weight excluding hydrogens is 228 g/mol. The van der Waals surface area contributed by atoms with Crippen molar-refractivity contribution in [2.75, 3.05) is 19.6 Å². The highest BCUT2D eigenvalue weighted by Gasteiger charge is 2.34. The van der Waals surface area contributed by atoms with Crippen LogP contribution in [0.1, 0.15) is 46.0 Å². The van der Waals surface area contributed by atoms with E-state index in [0.29, 0.717) is 12.6 Å². The number of carbonyl (C=O) groups excluding carboxylic acids is 2. The van der Waals surface area contributed by atoms with Gasteiger partial charge in [0.1, 0.15) is 5.78 Å². The van der Waals surface area contributed by atoms with Crippen molar-refractivity contribution >= 4 is 11.7 Å². The Kier molecular flexibility index (Phi) is 4.38. The summed E-state index contributed by atoms with van der Waals surface area (Å²) < 4.78 is 0. The predicted molar refractivity (Wildman–Crippen MR) is 70.3 cm³/mol. The molecule has 1 aliphatic heterocycles. The van der Waals surface area contributed by atoms with Crippen LogP contribution < -0.4 is 0 Å². The highest BCUT2D eigenvalue weighted by atomic mass is 16.2. The third-order valence-electron chi connectivity index (χ3n) is 4.07. The van der Waals surface area contributed by atoms with E-state index in [1.54, 1.807) is 6.92 Å². The molecule has 1 heterocycles. The van der Waals surface area contributed by atoms with Gasteiger partial charge in [-0.25, -0.2) is 0 Å². The van der Waals surface area contributed by atoms with Crippen molar-refractivity contribution in [1.29, 1.82) is 0 Å². The second kappa shape index (κ2) is 5.83. The van der Waals surface area contributed by atoms with Crippen LogP contribution in [-0.2, 0) is 9.59 Å². The monoisotopic (exact) mass is 252 g/mol. The molecule has 1 saturated heterocycles. The summed E-state index contributed by atoms with van der Waals surface area (Å²) in [4.78, 5) is 27.9. The third-order valence-corrected chi connectivity index (χ3v) is 4.07. The normalized spacial score (nSPS) is 24.9. The van der Waals surface area contributed by atoms with Crippen molar-refractivity contribution in [2.45, 2.75) is 58.0 Å². The molecule has 2 rings (SSSR count). The third kappa shape index (κ3) is 3.10. The van der Waals surface area contributed by atoms with Crippen molar-refractivity contribution in [3.8, 4) is 0 Å². The van der Waals surface area contributed by atoms with Gasteiger partial charge in [0.05, 0.1) is 12.6 Å². The molecule has 1 aliphatic carbocycles. The van der Waals surface area contributed by atoms with Crippen LogP contribution in [0.4, 0.5) is 0 Å². The fraction of sp³-hybridized carbons (Fsp3) is 0.857. The number of rotatable bonds is 5. The fourth-order valence-electron chi connectivity index (χ4n) is 2.93. The Balaban J connectivity index is 1.93. The summed E-state index contributed by atoms with van der Waals surface area (Å²) in [6.07, 6.45) is 5.42. The molecule has 4 nitrogen and oxygen atoms in total. The van der Waals surface area contributed by atoms with Crippen LogP contribution >= 0.6 is 0 Å². The Labute approximate surface area is 109 Å². The van der Waals surface area contributed by atoms with E-state index in [9.17, 15) is 9.59 Å². The number of hydrogen-bond acceptors (Lipinski definition) is 3. The molecule has 18 heavy (non-hydrogen) atoms. The van der Waals surface area contributed by atoms with Gasteiger partial charge >= 0.3 is 0 Å². The number of Topliss-reactive ketones (excluding diaryl/α,β-unsaturated/α-hetero) is 1. The Bertz CT molecular complexity index is 326. The van der Waals surface area contributed by atoms with E-state index in [1.165, 1.54) is 0 Å². The lowest BCUT2D eigenvalue weighted by Gasteiger charge is -2.35. The van der Waals surface area contributed by atoms with Gasteiger partial charge in [0.25, 0.3) is 0 Å². The van der Waals surface area contributed by atoms with E-state index in [0.717, 1.165) is 45.2 Å². The number of carbonyl (C=O) groups is 2. The number of piperidine rings is 1. The molecule has 4 heteroatoms. The summed E-state index contributed by atoms with van der Waals surface area (Å²) in [5.41, 5.74) is 0. The van der Waals surface area contributed by atoms with Gasteiger partial charge in [0.15, 0.2) is 0 Å². The minimum Gasteiger partial charge on any atom is -0.339 e. The molecule has 0 N–H and O–H groups in total. The highest BCUT2D eigenvalue weighted by Crippen LogP contribution is 2.27. The van der Waals surface area contributed by atoms with Crippen LogP contribution in [0.25, 0.3) is 0 Å². The first-order valence-electron chi connectivity index (χ1n) is 7.17. The van der Waals surface area contributed by atoms with Gasteiger partial charge in [-0.1, -0.05) is 6.42 Å². The van der Waals surface area contributed by atoms with Crippen molar-refractivity contribution in [3.05, 3.63) is 0 Å². The van der Waals surface area contributed by atoms with Crippen LogP contribution in [0.3, 0.4) is 0 Å². The van der Waals surface area contributed by atoms with Gasteiger partial charge in [-0.15, -0.1) is 0 Å². The molecule has 1 amide bonds. The number of likely N-dealkylation sites (tertiary alicyclic amines) is 1. The van der Waals surface area contributed by atoms with E-state index in [4.69, 9.17) is 0 Å². The van der Waals surface area contributed by atoms with Gasteiger partial charge in [0, 0.05) is 12.6 Å². The van der Waals surface area contributed by atoms with Crippen LogP contribution in [0, 0.1) is 0 Å². The molecule has 0 spiro atoms. The first kappa shape index (κ1) is 13.5. The average Bonchev–Trinajstić information content (AvgIpc) is 3.15. The molecule has 2 aliphatic rings. The van der Waals surface area contributed by atoms with Crippen LogP contribution in [0.15, 0.2) is 0 Å². The maximum atomic E-state index is 12.3. The Morgan fingerprint density at radius 1 is 1.22 bits per heavy atom. The van der Waals surface area contributed by atoms with E-state index >= 15 is 0 Å². The molecule has 0 aromatic heterocycles. The van der Waals surface area contributed by atoms with Gasteiger partial charge in [0.2, 0.25) is 5.91 Å². The smallest absolute Gasteiger partial charge is 0.237 e. The van der Waals surface area contributed by atoms with Crippen LogP contribution in [0.2, 0.25) is 0 Å². The lowest BCUT2D eigenvalue weighted by atomic mass is 9.99. The number of hydrogen-bond donors (Lipinski definition) is 0. The minimum absolute atomic E-state index is 0.0272. The molecule has 0 aromatic rings. The van der Waals surface area contributed by atoms with E-state index in [2.05, 4.69) is 4.90 Å². The summed E-state index contributed by atoms with van der Waals surface area (Å²) in [7, 11) is 0. The maximum Gasteiger partial charge on any atom is 0.237 e. The van der Waals surface area contributed by atoms with Gasteiger partial charge < -0.3 is 4.90 Å². The topological polar surface area (TPSA) is 40.6 Å². The predicted octanol–water partition coefficient (Wildman–Crippen LogP) is 1.44. The number of nitrogens with zero attached hydrogens (tertiary/aromatic N) is 2. The molecule has 102 valence electrons. The molecule has 2 fully saturated rings. The quantitative estimate of drug-likeness (QED) is 0.743. The summed E-state index contributed by atoms with van der Waals surface area (Å²) in [5, 5.41) is 0. The minimum atomic E-state index is -0.0272. The zero-order valence-electron chi connectivity index (χ0n) is 11.5. The summed E-state index contributed by atoms with van der Waals surface area (Å²) in [6.45, 7) is 5.79. The summed E-state index contributed by atoms with van der Waals surface area (Å²) in [6, 6.07) is 0.448. The standard InChI is InChI=1S/C14H24N2O2/c1-3-16(12-7-8-12)14(18)10-15-9-5-4-6-13(15)11(2)17/h12-13H,3-10H2,1-2H3. The lowest BCUT2D eigenvalue weighted by Crippen LogP contribution is -2.49. The first-order chi connectivity index (χ1) is 8.63. The molecule has 1 saturated carbocycles. The largest absolute Gasteiger partial charge is 0.339 e. The average molecular weight is 252 g/mol. The SMILES string of the molecule is CCN(C(=O)CN1CCCCC1C(C)=O)C1CC1. The summed E-state index contributed by atoms with van der Waals surface area (Å²) in [5.74, 6) is 0.408. The van der Waals surface area contributed by atoms with E-state index in [1.807, 2.05) is 11.8 Å². The zero-order chi connectivity index (χ0) is 13.1. The highest BCUT2D eigenvalue weighted by molar-refractivity contribution is 5.83. The zero-order valence-corrected chi connectivity index (χ0v) is 11.5. The van der Waals surface area contributed by atoms with Crippen molar-refractivity contribution < 1.29 is 9.59 Å². The van der Waals surface area contributed by atoms with E-state index < -0.39 is 0 Å². The van der Waals surface area contributed by atoms with Crippen LogP contribution in [-0.4, -0.2) is 53.2 Å². The molecule has 1 atom stereocenters. The van der Waals surface area contributed by atoms with Gasteiger partial charge in [-0.3, -0.25) is 14.5 Å². The molecular formula is C14H24N2O2. The summed E-state index contributed by atoms with van der Waals surface area (Å²) >= 11 is 0. The number of amides is 1. The van der Waals surface area contributed by atoms with Gasteiger partial charge in [-0.05, 0) is 46.1 Å². The first-order valence-corrected chi connectivity index (χ1v) is 7.17. The van der Waals surface area contributed by atoms with E-state index in [-0.39, 0.29) is 17.7 Å². The fourth-order valence-corrected chi connectivity index (χ4v) is 2.93. The Morgan fingerprint density at radius 2 is 1.94 bits per heavy atom. The second-order valence-electron chi connectivity index (χ2n) is 5.50. The molecule has 1 unspecified atom stereocenters. The number of ketones is 1. The molecule has 0 aromatic carbocycles. The lowest BCUT2D eigenvalue weighted by molar-refractivity contribution is -0.135. The number of likely N-dealkylation sites (N-methyl/N-ethyl adjacent to an activating group) is 1. The van der Waals surface area contributed by atoms with Crippen LogP contribution in [0.5, 0.6) is 0 Å². The van der Waals surface area contributed by atoms with Gasteiger partial charge in [-0.2, -0.15) is 0 Å². The maximum absolute atomic E-state index is 12.3. The van der Waals surface area contributed by atoms with Crippen molar-refractivity contribution in [3.63, 3.8) is 0 Å². The molecule has 0 bridgehead atoms. The van der Waals surface area contributed by atoms with Crippen molar-refractivity contribution in [1.82, 2.24) is 9.80 Å². The Hall–Kier alpha value is -0.900. The van der Waals surface area contributed by atoms with Crippen molar-refractivity contribution in [2.24, 2.45) is 0 Å².